The van der Waals surface area contributed by atoms with E-state index in [1.807, 2.05) is 0 Å². The van der Waals surface area contributed by atoms with Crippen LogP contribution in [0.15, 0.2) is 58.6 Å². The van der Waals surface area contributed by atoms with E-state index >= 15 is 0 Å². The van der Waals surface area contributed by atoms with Gasteiger partial charge in [0.1, 0.15) is 0 Å². The van der Waals surface area contributed by atoms with Crippen LogP contribution < -0.4 is 0 Å². The van der Waals surface area contributed by atoms with Crippen LogP contribution in [0.2, 0.25) is 5.02 Å². The maximum absolute atomic E-state index is 11.1. The van der Waals surface area contributed by atoms with Crippen LogP contribution in [0.5, 0.6) is 0 Å². The first-order valence-corrected chi connectivity index (χ1v) is 7.30. The first-order valence-electron chi connectivity index (χ1n) is 6.11. The van der Waals surface area contributed by atoms with Gasteiger partial charge in [-0.05, 0) is 52.5 Å². The quantitative estimate of drug-likeness (QED) is 0.537. The fraction of sp³-hybridized carbons (Fsp3) is 0. The Kier molecular flexibility index (Phi) is 4.03. The van der Waals surface area contributed by atoms with Gasteiger partial charge in [-0.2, -0.15) is 4.68 Å². The Labute approximate surface area is 134 Å². The summed E-state index contributed by atoms with van der Waals surface area (Å²) in [5.41, 5.74) is 0.730. The lowest BCUT2D eigenvalue weighted by Gasteiger charge is -2.04. The Morgan fingerprint density at radius 1 is 1.14 bits per heavy atom. The molecule has 0 amide bonds. The standard InChI is InChI=1S/C13H8ClN5O2S/c14-9-5-7-10(8-6-9)18-13(15-16-17-18)22-12-4-2-1-3-11(12)19(20)21/h1-8H. The predicted molar refractivity (Wildman–Crippen MR) is 81.4 cm³/mol. The minimum absolute atomic E-state index is 0.0122. The number of nitro benzene ring substituents is 1. The molecule has 9 heteroatoms. The average Bonchev–Trinajstić information content (AvgIpc) is 2.96. The van der Waals surface area contributed by atoms with Crippen LogP contribution in [-0.4, -0.2) is 25.1 Å². The first-order chi connectivity index (χ1) is 10.6. The smallest absolute Gasteiger partial charge is 0.258 e. The van der Waals surface area contributed by atoms with Gasteiger partial charge in [-0.15, -0.1) is 5.10 Å². The van der Waals surface area contributed by atoms with Crippen molar-refractivity contribution in [3.8, 4) is 5.69 Å². The van der Waals surface area contributed by atoms with E-state index < -0.39 is 4.92 Å². The molecule has 0 spiro atoms. The van der Waals surface area contributed by atoms with Crippen LogP contribution in [0, 0.1) is 10.1 Å². The largest absolute Gasteiger partial charge is 0.283 e. The molecule has 0 atom stereocenters. The molecule has 2 aromatic carbocycles. The van der Waals surface area contributed by atoms with Crippen LogP contribution in [-0.2, 0) is 0 Å². The molecule has 0 radical (unpaired) electrons. The summed E-state index contributed by atoms with van der Waals surface area (Å²) >= 11 is 6.98. The topological polar surface area (TPSA) is 86.7 Å². The molecule has 3 rings (SSSR count). The molecule has 0 N–H and O–H groups in total. The van der Waals surface area contributed by atoms with Crippen LogP contribution in [0.4, 0.5) is 5.69 Å². The molecule has 1 aromatic heterocycles. The van der Waals surface area contributed by atoms with Gasteiger partial charge in [0.05, 0.1) is 15.5 Å². The number of para-hydroxylation sites is 1. The van der Waals surface area contributed by atoms with Gasteiger partial charge < -0.3 is 0 Å². The van der Waals surface area contributed by atoms with E-state index in [9.17, 15) is 10.1 Å². The normalized spacial score (nSPS) is 10.6. The van der Waals surface area contributed by atoms with Crippen LogP contribution in [0.1, 0.15) is 0 Å². The van der Waals surface area contributed by atoms with E-state index in [1.54, 1.807) is 42.5 Å². The SMILES string of the molecule is O=[N+]([O-])c1ccccc1Sc1nnnn1-c1ccc(Cl)cc1. The highest BCUT2D eigenvalue weighted by atomic mass is 35.5. The highest BCUT2D eigenvalue weighted by Gasteiger charge is 2.17. The van der Waals surface area contributed by atoms with Gasteiger partial charge in [-0.3, -0.25) is 10.1 Å². The van der Waals surface area contributed by atoms with Crippen molar-refractivity contribution in [1.29, 1.82) is 0 Å². The minimum Gasteiger partial charge on any atom is -0.258 e. The number of nitrogens with zero attached hydrogens (tertiary/aromatic N) is 5. The van der Waals surface area contributed by atoms with Crippen LogP contribution in [0.25, 0.3) is 5.69 Å². The predicted octanol–water partition coefficient (Wildman–Crippen LogP) is 3.38. The Balaban J connectivity index is 1.97. The van der Waals surface area contributed by atoms with Crippen molar-refractivity contribution in [3.05, 3.63) is 63.7 Å². The van der Waals surface area contributed by atoms with Crippen molar-refractivity contribution in [2.45, 2.75) is 10.1 Å². The second-order valence-corrected chi connectivity index (χ2v) is 5.62. The number of benzene rings is 2. The Bertz CT molecular complexity index is 821. The van der Waals surface area contributed by atoms with E-state index in [0.29, 0.717) is 15.1 Å². The second-order valence-electron chi connectivity index (χ2n) is 4.18. The maximum Gasteiger partial charge on any atom is 0.283 e. The number of tetrazole rings is 1. The number of rotatable bonds is 4. The number of hydrogen-bond acceptors (Lipinski definition) is 6. The molecule has 0 unspecified atom stereocenters. The van der Waals surface area contributed by atoms with E-state index in [0.717, 1.165) is 17.4 Å². The van der Waals surface area contributed by atoms with Crippen molar-refractivity contribution in [2.75, 3.05) is 0 Å². The molecule has 0 saturated heterocycles. The summed E-state index contributed by atoms with van der Waals surface area (Å²) in [5, 5.41) is 23.6. The fourth-order valence-electron chi connectivity index (χ4n) is 1.78. The van der Waals surface area contributed by atoms with E-state index in [2.05, 4.69) is 15.5 Å². The van der Waals surface area contributed by atoms with Gasteiger partial charge in [0, 0.05) is 11.1 Å². The third-order valence-electron chi connectivity index (χ3n) is 2.78. The Morgan fingerprint density at radius 2 is 1.86 bits per heavy atom. The molecule has 22 heavy (non-hydrogen) atoms. The summed E-state index contributed by atoms with van der Waals surface area (Å²) in [5.74, 6) is 0. The Morgan fingerprint density at radius 3 is 2.59 bits per heavy atom. The molecule has 0 aliphatic carbocycles. The van der Waals surface area contributed by atoms with Crippen LogP contribution in [0.3, 0.4) is 0 Å². The second kappa shape index (κ2) is 6.12. The molecule has 110 valence electrons. The molecule has 1 heterocycles. The van der Waals surface area contributed by atoms with Crippen molar-refractivity contribution in [1.82, 2.24) is 20.2 Å². The van der Waals surface area contributed by atoms with Crippen molar-refractivity contribution in [2.24, 2.45) is 0 Å². The molecule has 0 saturated carbocycles. The highest BCUT2D eigenvalue weighted by molar-refractivity contribution is 7.99. The molecule has 0 aliphatic heterocycles. The summed E-state index contributed by atoms with van der Waals surface area (Å²) in [6.07, 6.45) is 0. The summed E-state index contributed by atoms with van der Waals surface area (Å²) in [6.45, 7) is 0. The monoisotopic (exact) mass is 333 g/mol. The minimum atomic E-state index is -0.432. The molecular weight excluding hydrogens is 326 g/mol. The summed E-state index contributed by atoms with van der Waals surface area (Å²) in [7, 11) is 0. The number of aromatic nitrogens is 4. The van der Waals surface area contributed by atoms with Gasteiger partial charge >= 0.3 is 0 Å². The lowest BCUT2D eigenvalue weighted by atomic mass is 10.3. The lowest BCUT2D eigenvalue weighted by molar-refractivity contribution is -0.387. The molecule has 7 nitrogen and oxygen atoms in total. The first kappa shape index (κ1) is 14.5. The zero-order chi connectivity index (χ0) is 15.5. The Hall–Kier alpha value is -2.45. The van der Waals surface area contributed by atoms with Crippen molar-refractivity contribution in [3.63, 3.8) is 0 Å². The maximum atomic E-state index is 11.1. The van der Waals surface area contributed by atoms with E-state index in [4.69, 9.17) is 11.6 Å². The average molecular weight is 334 g/mol. The zero-order valence-corrected chi connectivity index (χ0v) is 12.5. The molecule has 0 fully saturated rings. The van der Waals surface area contributed by atoms with Gasteiger partial charge in [0.2, 0.25) is 5.16 Å². The van der Waals surface area contributed by atoms with Crippen molar-refractivity contribution >= 4 is 29.1 Å². The summed E-state index contributed by atoms with van der Waals surface area (Å²) < 4.78 is 1.50. The molecule has 3 aromatic rings. The lowest BCUT2D eigenvalue weighted by Crippen LogP contribution is -1.99. The number of hydrogen-bond donors (Lipinski definition) is 0. The zero-order valence-electron chi connectivity index (χ0n) is 11.0. The highest BCUT2D eigenvalue weighted by Crippen LogP contribution is 2.33. The third kappa shape index (κ3) is 2.92. The van der Waals surface area contributed by atoms with Crippen LogP contribution >= 0.6 is 23.4 Å². The van der Waals surface area contributed by atoms with Gasteiger partial charge in [-0.1, -0.05) is 23.7 Å². The van der Waals surface area contributed by atoms with Gasteiger partial charge in [-0.25, -0.2) is 0 Å². The molecule has 0 bridgehead atoms. The molecular formula is C13H8ClN5O2S. The number of nitro groups is 1. The van der Waals surface area contributed by atoms with Crippen molar-refractivity contribution < 1.29 is 4.92 Å². The number of halogens is 1. The van der Waals surface area contributed by atoms with E-state index in [1.165, 1.54) is 10.7 Å². The van der Waals surface area contributed by atoms with E-state index in [-0.39, 0.29) is 5.69 Å². The summed E-state index contributed by atoms with van der Waals surface area (Å²) in [6, 6.07) is 13.4. The molecule has 0 aliphatic rings. The van der Waals surface area contributed by atoms with Gasteiger partial charge in [0.25, 0.3) is 5.69 Å². The van der Waals surface area contributed by atoms with Gasteiger partial charge in [0.15, 0.2) is 0 Å². The fourth-order valence-corrected chi connectivity index (χ4v) is 2.80. The third-order valence-corrected chi connectivity index (χ3v) is 4.03. The summed E-state index contributed by atoms with van der Waals surface area (Å²) in [4.78, 5) is 11.1.